The largest absolute Gasteiger partial charge is 0.296 e. The summed E-state index contributed by atoms with van der Waals surface area (Å²) in [6, 6.07) is 13.1. The number of rotatable bonds is 4. The number of likely N-dealkylation sites (N-methyl/N-ethyl adjacent to an activating group) is 1. The molecule has 0 fully saturated rings. The van der Waals surface area contributed by atoms with Crippen LogP contribution in [0.4, 0.5) is 8.78 Å². The van der Waals surface area contributed by atoms with Gasteiger partial charge in [0.1, 0.15) is 11.7 Å². The Morgan fingerprint density at radius 1 is 1.24 bits per heavy atom. The van der Waals surface area contributed by atoms with Crippen molar-refractivity contribution in [3.8, 4) is 6.07 Å². The van der Waals surface area contributed by atoms with Gasteiger partial charge in [0.15, 0.2) is 11.6 Å². The summed E-state index contributed by atoms with van der Waals surface area (Å²) in [4.78, 5) is 19.2. The minimum atomic E-state index is -0.904. The normalized spacial score (nSPS) is 17.2. The van der Waals surface area contributed by atoms with Crippen molar-refractivity contribution in [1.82, 2.24) is 14.5 Å². The molecule has 1 aromatic heterocycles. The third-order valence-corrected chi connectivity index (χ3v) is 5.39. The summed E-state index contributed by atoms with van der Waals surface area (Å²) in [5.41, 5.74) is 2.56. The van der Waals surface area contributed by atoms with Gasteiger partial charge in [-0.3, -0.25) is 14.3 Å². The van der Waals surface area contributed by atoms with E-state index in [0.29, 0.717) is 34.5 Å². The molecule has 1 aliphatic rings. The van der Waals surface area contributed by atoms with Gasteiger partial charge in [-0.05, 0) is 49.4 Å². The number of benzene rings is 2. The van der Waals surface area contributed by atoms with E-state index in [-0.39, 0.29) is 11.9 Å². The highest BCUT2D eigenvalue weighted by atomic mass is 19.2. The SMILES string of the molecule is C[C@@H](c1ccc(F)c(F)c1)N(C)CC1=CC(=O)n2c(nc3ccccc32)[C@H]1C#N. The van der Waals surface area contributed by atoms with E-state index in [2.05, 4.69) is 11.1 Å². The van der Waals surface area contributed by atoms with Crippen molar-refractivity contribution in [3.63, 3.8) is 0 Å². The molecule has 0 N–H and O–H groups in total. The number of nitrogens with zero attached hydrogens (tertiary/aromatic N) is 4. The fraction of sp³-hybridized carbons (Fsp3) is 0.227. The first kappa shape index (κ1) is 19.0. The molecular formula is C22H18F2N4O. The monoisotopic (exact) mass is 392 g/mol. The zero-order chi connectivity index (χ0) is 20.7. The number of halogens is 2. The van der Waals surface area contributed by atoms with E-state index in [4.69, 9.17) is 0 Å². The van der Waals surface area contributed by atoms with Crippen molar-refractivity contribution in [2.75, 3.05) is 13.6 Å². The van der Waals surface area contributed by atoms with Crippen LogP contribution >= 0.6 is 0 Å². The first-order valence-corrected chi connectivity index (χ1v) is 9.17. The lowest BCUT2D eigenvalue weighted by Crippen LogP contribution is -2.30. The fourth-order valence-electron chi connectivity index (χ4n) is 3.67. The van der Waals surface area contributed by atoms with Crippen molar-refractivity contribution >= 4 is 16.9 Å². The van der Waals surface area contributed by atoms with E-state index in [1.165, 1.54) is 16.7 Å². The van der Waals surface area contributed by atoms with E-state index in [0.717, 1.165) is 12.1 Å². The number of imidazole rings is 1. The predicted molar refractivity (Wildman–Crippen MR) is 104 cm³/mol. The van der Waals surface area contributed by atoms with Gasteiger partial charge in [0.25, 0.3) is 5.91 Å². The number of hydrogen-bond donors (Lipinski definition) is 0. The Labute approximate surface area is 166 Å². The van der Waals surface area contributed by atoms with Gasteiger partial charge in [-0.15, -0.1) is 0 Å². The van der Waals surface area contributed by atoms with Gasteiger partial charge < -0.3 is 0 Å². The van der Waals surface area contributed by atoms with Gasteiger partial charge in [-0.1, -0.05) is 18.2 Å². The number of allylic oxidation sites excluding steroid dienone is 1. The maximum Gasteiger partial charge on any atom is 0.256 e. The Morgan fingerprint density at radius 2 is 2.00 bits per heavy atom. The zero-order valence-electron chi connectivity index (χ0n) is 15.9. The lowest BCUT2D eigenvalue weighted by molar-refractivity contribution is 0.0963. The van der Waals surface area contributed by atoms with Crippen molar-refractivity contribution in [2.45, 2.75) is 18.9 Å². The molecule has 0 saturated heterocycles. The minimum Gasteiger partial charge on any atom is -0.296 e. The number of carbonyl (C=O) groups is 1. The summed E-state index contributed by atoms with van der Waals surface area (Å²) in [6.45, 7) is 2.17. The van der Waals surface area contributed by atoms with Gasteiger partial charge in [-0.25, -0.2) is 13.8 Å². The van der Waals surface area contributed by atoms with E-state index >= 15 is 0 Å². The van der Waals surface area contributed by atoms with Crippen LogP contribution in [-0.4, -0.2) is 34.0 Å². The van der Waals surface area contributed by atoms with Crippen molar-refractivity contribution in [2.24, 2.45) is 0 Å². The topological polar surface area (TPSA) is 61.9 Å². The van der Waals surface area contributed by atoms with Crippen LogP contribution in [0.3, 0.4) is 0 Å². The van der Waals surface area contributed by atoms with Gasteiger partial charge in [0.2, 0.25) is 0 Å². The Hall–Kier alpha value is -3.37. The van der Waals surface area contributed by atoms with E-state index < -0.39 is 17.6 Å². The lowest BCUT2D eigenvalue weighted by Gasteiger charge is -2.29. The molecule has 1 aliphatic heterocycles. The molecule has 7 heteroatoms. The maximum absolute atomic E-state index is 13.6. The maximum atomic E-state index is 13.6. The Balaban J connectivity index is 1.64. The average Bonchev–Trinajstić information content (AvgIpc) is 3.09. The molecule has 2 atom stereocenters. The van der Waals surface area contributed by atoms with Crippen LogP contribution < -0.4 is 0 Å². The molecule has 0 bridgehead atoms. The number of fused-ring (bicyclic) bond motifs is 3. The molecule has 146 valence electrons. The van der Waals surface area contributed by atoms with Crippen LogP contribution in [-0.2, 0) is 0 Å². The van der Waals surface area contributed by atoms with Gasteiger partial charge in [-0.2, -0.15) is 5.26 Å². The summed E-state index contributed by atoms with van der Waals surface area (Å²) in [6.07, 6.45) is 1.48. The second-order valence-corrected chi connectivity index (χ2v) is 7.18. The molecule has 0 spiro atoms. The Kier molecular flexibility index (Phi) is 4.73. The van der Waals surface area contributed by atoms with Gasteiger partial charge in [0, 0.05) is 18.7 Å². The number of hydrogen-bond acceptors (Lipinski definition) is 4. The highest BCUT2D eigenvalue weighted by molar-refractivity contribution is 5.99. The molecule has 2 heterocycles. The molecule has 0 radical (unpaired) electrons. The van der Waals surface area contributed by atoms with Gasteiger partial charge >= 0.3 is 0 Å². The molecule has 4 rings (SSSR count). The second kappa shape index (κ2) is 7.22. The summed E-state index contributed by atoms with van der Waals surface area (Å²) >= 11 is 0. The Morgan fingerprint density at radius 3 is 2.72 bits per heavy atom. The van der Waals surface area contributed by atoms with Crippen LogP contribution in [0.25, 0.3) is 11.0 Å². The molecule has 0 aliphatic carbocycles. The summed E-state index contributed by atoms with van der Waals surface area (Å²) < 4.78 is 28.3. The summed E-state index contributed by atoms with van der Waals surface area (Å²) in [5.74, 6) is -2.31. The van der Waals surface area contributed by atoms with E-state index in [9.17, 15) is 18.8 Å². The predicted octanol–water partition coefficient (Wildman–Crippen LogP) is 4.19. The molecule has 0 saturated carbocycles. The van der Waals surface area contributed by atoms with Crippen LogP contribution in [0.1, 0.15) is 35.1 Å². The molecular weight excluding hydrogens is 374 g/mol. The molecule has 0 unspecified atom stereocenters. The lowest BCUT2D eigenvalue weighted by atomic mass is 9.95. The third kappa shape index (κ3) is 3.22. The van der Waals surface area contributed by atoms with Crippen molar-refractivity contribution < 1.29 is 13.6 Å². The number of aromatic nitrogens is 2. The van der Waals surface area contributed by atoms with Crippen molar-refractivity contribution in [1.29, 1.82) is 5.26 Å². The van der Waals surface area contributed by atoms with Crippen LogP contribution in [0, 0.1) is 23.0 Å². The van der Waals surface area contributed by atoms with Crippen LogP contribution in [0.15, 0.2) is 54.1 Å². The average molecular weight is 392 g/mol. The number of para-hydroxylation sites is 2. The summed E-state index contributed by atoms with van der Waals surface area (Å²) in [7, 11) is 1.81. The number of nitriles is 1. The minimum absolute atomic E-state index is 0.246. The quantitative estimate of drug-likeness (QED) is 0.668. The standard InChI is InChI=1S/C22H18F2N4O/c1-13(14-7-8-17(23)18(24)9-14)27(2)12-15-10-21(29)28-20-6-4-3-5-19(20)26-22(28)16(15)11-25/h3-10,13,16H,12H2,1-2H3/t13-,16-/m0/s1. The summed E-state index contributed by atoms with van der Waals surface area (Å²) in [5, 5.41) is 9.79. The van der Waals surface area contributed by atoms with Crippen LogP contribution in [0.5, 0.6) is 0 Å². The third-order valence-electron chi connectivity index (χ3n) is 5.39. The smallest absolute Gasteiger partial charge is 0.256 e. The second-order valence-electron chi connectivity index (χ2n) is 7.18. The first-order valence-electron chi connectivity index (χ1n) is 9.17. The first-order chi connectivity index (χ1) is 13.9. The zero-order valence-corrected chi connectivity index (χ0v) is 15.9. The highest BCUT2D eigenvalue weighted by Crippen LogP contribution is 2.32. The van der Waals surface area contributed by atoms with E-state index in [1.54, 1.807) is 12.1 Å². The molecule has 0 amide bonds. The van der Waals surface area contributed by atoms with Crippen molar-refractivity contribution in [3.05, 3.63) is 77.1 Å². The van der Waals surface area contributed by atoms with E-state index in [1.807, 2.05) is 31.0 Å². The molecule has 2 aromatic carbocycles. The fourth-order valence-corrected chi connectivity index (χ4v) is 3.67. The Bertz CT molecular complexity index is 1190. The molecule has 5 nitrogen and oxygen atoms in total. The van der Waals surface area contributed by atoms with Gasteiger partial charge in [0.05, 0.1) is 17.1 Å². The van der Waals surface area contributed by atoms with Crippen LogP contribution in [0.2, 0.25) is 0 Å². The molecule has 3 aromatic rings. The number of carbonyl (C=O) groups excluding carboxylic acids is 1. The molecule has 29 heavy (non-hydrogen) atoms. The highest BCUT2D eigenvalue weighted by Gasteiger charge is 2.32.